The number of hydrogen-bond donors (Lipinski definition) is 0. The number of benzene rings is 2. The van der Waals surface area contributed by atoms with Crippen LogP contribution in [0.25, 0.3) is 0 Å². The smallest absolute Gasteiger partial charge is 0.338 e. The Balaban J connectivity index is 1.82. The molecule has 4 nitrogen and oxygen atoms in total. The minimum Gasteiger partial charge on any atom is -0.462 e. The Morgan fingerprint density at radius 3 is 1.86 bits per heavy atom. The summed E-state index contributed by atoms with van der Waals surface area (Å²) in [7, 11) is 0. The highest BCUT2D eigenvalue weighted by atomic mass is 35.5. The van der Waals surface area contributed by atoms with Gasteiger partial charge in [-0.25, -0.2) is 9.59 Å². The van der Waals surface area contributed by atoms with Crippen molar-refractivity contribution < 1.29 is 19.1 Å². The van der Waals surface area contributed by atoms with Crippen molar-refractivity contribution >= 4 is 35.1 Å². The summed E-state index contributed by atoms with van der Waals surface area (Å²) in [5.74, 6) is -0.393. The summed E-state index contributed by atoms with van der Waals surface area (Å²) in [4.78, 5) is 24.3. The molecule has 1 atom stereocenters. The summed E-state index contributed by atoms with van der Waals surface area (Å²) < 4.78 is 10.9. The van der Waals surface area contributed by atoms with Crippen LogP contribution in [0.2, 0.25) is 10.0 Å². The highest BCUT2D eigenvalue weighted by molar-refractivity contribution is 6.30. The predicted octanol–water partition coefficient (Wildman–Crippen LogP) is 6.20. The van der Waals surface area contributed by atoms with E-state index in [-0.39, 0.29) is 18.7 Å². The van der Waals surface area contributed by atoms with E-state index < -0.39 is 5.97 Å². The molecule has 2 aromatic carbocycles. The quantitative estimate of drug-likeness (QED) is 0.356. The number of halogens is 2. The van der Waals surface area contributed by atoms with Gasteiger partial charge in [-0.2, -0.15) is 0 Å². The molecule has 0 saturated heterocycles. The second kappa shape index (κ2) is 11.1. The third-order valence-electron chi connectivity index (χ3n) is 4.07. The monoisotopic (exact) mass is 422 g/mol. The Morgan fingerprint density at radius 2 is 1.36 bits per heavy atom. The minimum absolute atomic E-state index is 0.239. The Morgan fingerprint density at radius 1 is 0.857 bits per heavy atom. The van der Waals surface area contributed by atoms with Gasteiger partial charge in [-0.1, -0.05) is 37.0 Å². The molecule has 0 bridgehead atoms. The van der Waals surface area contributed by atoms with Gasteiger partial charge in [0.05, 0.1) is 17.7 Å². The molecule has 6 heteroatoms. The van der Waals surface area contributed by atoms with Gasteiger partial charge >= 0.3 is 11.9 Å². The minimum atomic E-state index is -0.393. The number of hydrogen-bond acceptors (Lipinski definition) is 4. The lowest BCUT2D eigenvalue weighted by Gasteiger charge is -2.20. The zero-order valence-corrected chi connectivity index (χ0v) is 17.5. The number of rotatable bonds is 9. The van der Waals surface area contributed by atoms with Crippen LogP contribution in [0, 0.1) is 5.92 Å². The summed E-state index contributed by atoms with van der Waals surface area (Å²) in [6.07, 6.45) is 1.72. The van der Waals surface area contributed by atoms with Gasteiger partial charge in [0.2, 0.25) is 0 Å². The van der Waals surface area contributed by atoms with Crippen LogP contribution < -0.4 is 0 Å². The molecule has 0 heterocycles. The fourth-order valence-electron chi connectivity index (χ4n) is 2.70. The Kier molecular flexibility index (Phi) is 8.81. The van der Waals surface area contributed by atoms with Crippen LogP contribution in [0.3, 0.4) is 0 Å². The van der Waals surface area contributed by atoms with Crippen LogP contribution in [-0.4, -0.2) is 24.6 Å². The molecule has 0 saturated carbocycles. The van der Waals surface area contributed by atoms with Crippen molar-refractivity contribution in [2.75, 3.05) is 6.61 Å². The number of carbonyl (C=O) groups excluding carboxylic acids is 2. The normalized spacial score (nSPS) is 11.9. The molecule has 0 aliphatic carbocycles. The van der Waals surface area contributed by atoms with E-state index in [4.69, 9.17) is 32.7 Å². The molecule has 0 aliphatic heterocycles. The molecule has 1 unspecified atom stereocenters. The number of esters is 2. The molecule has 2 aromatic rings. The average molecular weight is 423 g/mol. The topological polar surface area (TPSA) is 52.6 Å². The van der Waals surface area contributed by atoms with Crippen LogP contribution >= 0.6 is 23.2 Å². The van der Waals surface area contributed by atoms with Crippen molar-refractivity contribution in [3.8, 4) is 0 Å². The molecule has 2 rings (SSSR count). The SMILES string of the molecule is CC(C)CC(CCCOC(=O)c1ccc(Cl)cc1)OC(=O)c1ccc(Cl)cc1. The summed E-state index contributed by atoms with van der Waals surface area (Å²) in [6.45, 7) is 4.40. The first-order valence-corrected chi connectivity index (χ1v) is 10.00. The van der Waals surface area contributed by atoms with Crippen molar-refractivity contribution in [3.05, 3.63) is 69.7 Å². The van der Waals surface area contributed by atoms with Crippen LogP contribution in [-0.2, 0) is 9.47 Å². The summed E-state index contributed by atoms with van der Waals surface area (Å²) in [5, 5.41) is 1.13. The van der Waals surface area contributed by atoms with Gasteiger partial charge in [-0.05, 0) is 73.7 Å². The molecular formula is C22H24Cl2O4. The molecule has 0 aliphatic rings. The fraction of sp³-hybridized carbons (Fsp3) is 0.364. The number of carbonyl (C=O) groups is 2. The maximum Gasteiger partial charge on any atom is 0.338 e. The van der Waals surface area contributed by atoms with Crippen molar-refractivity contribution in [3.63, 3.8) is 0 Å². The highest BCUT2D eigenvalue weighted by Gasteiger charge is 2.18. The van der Waals surface area contributed by atoms with Crippen molar-refractivity contribution in [1.82, 2.24) is 0 Å². The standard InChI is InChI=1S/C22H24Cl2O4/c1-15(2)14-20(28-22(26)17-7-11-19(24)12-8-17)4-3-13-27-21(25)16-5-9-18(23)10-6-16/h5-12,15,20H,3-4,13-14H2,1-2H3. The van der Waals surface area contributed by atoms with Gasteiger partial charge in [0, 0.05) is 10.0 Å². The van der Waals surface area contributed by atoms with E-state index in [0.717, 1.165) is 6.42 Å². The largest absolute Gasteiger partial charge is 0.462 e. The fourth-order valence-corrected chi connectivity index (χ4v) is 2.95. The van der Waals surface area contributed by atoms with E-state index in [2.05, 4.69) is 13.8 Å². The molecule has 150 valence electrons. The first-order valence-electron chi connectivity index (χ1n) is 9.24. The van der Waals surface area contributed by atoms with Gasteiger partial charge in [0.15, 0.2) is 0 Å². The Bertz CT molecular complexity index is 770. The molecule has 0 N–H and O–H groups in total. The molecule has 28 heavy (non-hydrogen) atoms. The average Bonchev–Trinajstić information content (AvgIpc) is 2.65. The lowest BCUT2D eigenvalue weighted by molar-refractivity contribution is 0.0191. The second-order valence-corrected chi connectivity index (χ2v) is 7.82. The number of ether oxygens (including phenoxy) is 2. The van der Waals surface area contributed by atoms with Gasteiger partial charge in [0.25, 0.3) is 0 Å². The van der Waals surface area contributed by atoms with Gasteiger partial charge < -0.3 is 9.47 Å². The predicted molar refractivity (Wildman–Crippen MR) is 111 cm³/mol. The van der Waals surface area contributed by atoms with E-state index in [1.54, 1.807) is 48.5 Å². The third-order valence-corrected chi connectivity index (χ3v) is 4.58. The lowest BCUT2D eigenvalue weighted by atomic mass is 10.0. The van der Waals surface area contributed by atoms with Gasteiger partial charge in [-0.3, -0.25) is 0 Å². The van der Waals surface area contributed by atoms with Crippen molar-refractivity contribution in [1.29, 1.82) is 0 Å². The van der Waals surface area contributed by atoms with E-state index in [0.29, 0.717) is 39.9 Å². The maximum absolute atomic E-state index is 12.3. The van der Waals surface area contributed by atoms with Crippen LogP contribution in [0.5, 0.6) is 0 Å². The van der Waals surface area contributed by atoms with Gasteiger partial charge in [0.1, 0.15) is 6.10 Å². The zero-order valence-electron chi connectivity index (χ0n) is 16.0. The van der Waals surface area contributed by atoms with Crippen LogP contribution in [0.4, 0.5) is 0 Å². The van der Waals surface area contributed by atoms with E-state index in [1.165, 1.54) is 0 Å². The van der Waals surface area contributed by atoms with Crippen LogP contribution in [0.15, 0.2) is 48.5 Å². The second-order valence-electron chi connectivity index (χ2n) is 6.95. The first kappa shape index (κ1) is 22.3. The molecule has 0 radical (unpaired) electrons. The van der Waals surface area contributed by atoms with Crippen molar-refractivity contribution in [2.45, 2.75) is 39.2 Å². The molecule has 0 aromatic heterocycles. The third kappa shape index (κ3) is 7.53. The zero-order chi connectivity index (χ0) is 20.5. The first-order chi connectivity index (χ1) is 13.3. The summed E-state index contributed by atoms with van der Waals surface area (Å²) in [5.41, 5.74) is 0.921. The summed E-state index contributed by atoms with van der Waals surface area (Å²) >= 11 is 11.7. The molecule has 0 amide bonds. The molecule has 0 fully saturated rings. The molecular weight excluding hydrogens is 399 g/mol. The lowest BCUT2D eigenvalue weighted by Crippen LogP contribution is -2.21. The maximum atomic E-state index is 12.3. The summed E-state index contributed by atoms with van der Waals surface area (Å²) in [6, 6.07) is 13.1. The van der Waals surface area contributed by atoms with Crippen molar-refractivity contribution in [2.24, 2.45) is 5.92 Å². The molecule has 0 spiro atoms. The van der Waals surface area contributed by atoms with E-state index >= 15 is 0 Å². The highest BCUT2D eigenvalue weighted by Crippen LogP contribution is 2.18. The van der Waals surface area contributed by atoms with E-state index in [1.807, 2.05) is 0 Å². The Hall–Kier alpha value is -2.04. The van der Waals surface area contributed by atoms with E-state index in [9.17, 15) is 9.59 Å². The van der Waals surface area contributed by atoms with Gasteiger partial charge in [-0.15, -0.1) is 0 Å². The Labute approximate surface area is 175 Å². The van der Waals surface area contributed by atoms with Crippen LogP contribution in [0.1, 0.15) is 53.8 Å².